The first kappa shape index (κ1) is 17.2. The van der Waals surface area contributed by atoms with Gasteiger partial charge in [-0.3, -0.25) is 4.79 Å². The number of amides is 1. The fraction of sp³-hybridized carbons (Fsp3) is 0.278. The number of rotatable bonds is 6. The van der Waals surface area contributed by atoms with Crippen LogP contribution in [-0.4, -0.2) is 20.1 Å². The first-order valence-electron chi connectivity index (χ1n) is 7.29. The number of ether oxygens (including phenoxy) is 2. The van der Waals surface area contributed by atoms with Gasteiger partial charge in [0, 0.05) is 10.6 Å². The molecule has 2 aromatic carbocycles. The minimum Gasteiger partial charge on any atom is -0.497 e. The van der Waals surface area contributed by atoms with E-state index in [0.717, 1.165) is 16.9 Å². The third-order valence-electron chi connectivity index (χ3n) is 3.53. The monoisotopic (exact) mass is 333 g/mol. The van der Waals surface area contributed by atoms with Crippen molar-refractivity contribution in [1.82, 2.24) is 5.32 Å². The highest BCUT2D eigenvalue weighted by atomic mass is 35.5. The summed E-state index contributed by atoms with van der Waals surface area (Å²) in [6.45, 7) is 1.91. The molecule has 0 aromatic heterocycles. The lowest BCUT2D eigenvalue weighted by Crippen LogP contribution is -2.28. The fourth-order valence-corrected chi connectivity index (χ4v) is 2.59. The summed E-state index contributed by atoms with van der Waals surface area (Å²) in [4.78, 5) is 12.2. The standard InChI is InChI=1S/C18H20ClNO3/c1-12(16-11-15(22-2)7-8-17(16)23-3)20-18(21)10-13-5-4-6-14(19)9-13/h4-9,11-12H,10H2,1-3H3,(H,20,21)/t12-/m1/s1. The van der Waals surface area contributed by atoms with Crippen molar-refractivity contribution in [1.29, 1.82) is 0 Å². The molecular weight excluding hydrogens is 314 g/mol. The van der Waals surface area contributed by atoms with Crippen molar-refractivity contribution in [3.05, 3.63) is 58.6 Å². The highest BCUT2D eigenvalue weighted by Crippen LogP contribution is 2.29. The van der Waals surface area contributed by atoms with Crippen LogP contribution in [0.4, 0.5) is 0 Å². The van der Waals surface area contributed by atoms with Gasteiger partial charge in [0.2, 0.25) is 5.91 Å². The number of hydrogen-bond acceptors (Lipinski definition) is 3. The molecule has 1 amide bonds. The van der Waals surface area contributed by atoms with Crippen LogP contribution in [0.1, 0.15) is 24.1 Å². The van der Waals surface area contributed by atoms with Crippen LogP contribution >= 0.6 is 11.6 Å². The van der Waals surface area contributed by atoms with Crippen molar-refractivity contribution in [2.24, 2.45) is 0 Å². The molecule has 1 atom stereocenters. The molecule has 2 aromatic rings. The molecule has 23 heavy (non-hydrogen) atoms. The second-order valence-corrected chi connectivity index (χ2v) is 5.64. The number of hydrogen-bond donors (Lipinski definition) is 1. The summed E-state index contributed by atoms with van der Waals surface area (Å²) in [6, 6.07) is 12.6. The van der Waals surface area contributed by atoms with Crippen LogP contribution in [0, 0.1) is 0 Å². The van der Waals surface area contributed by atoms with Crippen molar-refractivity contribution in [3.8, 4) is 11.5 Å². The van der Waals surface area contributed by atoms with Crippen LogP contribution in [0.2, 0.25) is 5.02 Å². The van der Waals surface area contributed by atoms with E-state index in [9.17, 15) is 4.79 Å². The van der Waals surface area contributed by atoms with Crippen LogP contribution in [0.25, 0.3) is 0 Å². The van der Waals surface area contributed by atoms with E-state index in [4.69, 9.17) is 21.1 Å². The molecule has 0 saturated heterocycles. The number of nitrogens with one attached hydrogen (secondary N) is 1. The topological polar surface area (TPSA) is 47.6 Å². The zero-order chi connectivity index (χ0) is 16.8. The average Bonchev–Trinajstić information content (AvgIpc) is 2.54. The molecule has 0 aliphatic heterocycles. The maximum absolute atomic E-state index is 12.2. The normalized spacial score (nSPS) is 11.7. The van der Waals surface area contributed by atoms with Crippen molar-refractivity contribution in [2.75, 3.05) is 14.2 Å². The minimum absolute atomic E-state index is 0.0790. The fourth-order valence-electron chi connectivity index (χ4n) is 2.38. The summed E-state index contributed by atoms with van der Waals surface area (Å²) >= 11 is 5.94. The molecule has 5 heteroatoms. The second-order valence-electron chi connectivity index (χ2n) is 5.20. The number of carbonyl (C=O) groups excluding carboxylic acids is 1. The van der Waals surface area contributed by atoms with Gasteiger partial charge in [0.05, 0.1) is 26.7 Å². The van der Waals surface area contributed by atoms with Gasteiger partial charge >= 0.3 is 0 Å². The van der Waals surface area contributed by atoms with Crippen LogP contribution in [0.5, 0.6) is 11.5 Å². The Labute approximate surface area is 141 Å². The van der Waals surface area contributed by atoms with Crippen molar-refractivity contribution >= 4 is 17.5 Å². The highest BCUT2D eigenvalue weighted by Gasteiger charge is 2.15. The molecule has 0 spiro atoms. The summed E-state index contributed by atoms with van der Waals surface area (Å²) in [5, 5.41) is 3.60. The average molecular weight is 334 g/mol. The van der Waals surface area contributed by atoms with E-state index in [-0.39, 0.29) is 18.4 Å². The van der Waals surface area contributed by atoms with E-state index in [1.165, 1.54) is 0 Å². The lowest BCUT2D eigenvalue weighted by Gasteiger charge is -2.18. The molecular formula is C18H20ClNO3. The van der Waals surface area contributed by atoms with Gasteiger partial charge in [-0.05, 0) is 42.8 Å². The predicted molar refractivity (Wildman–Crippen MR) is 91.3 cm³/mol. The largest absolute Gasteiger partial charge is 0.497 e. The minimum atomic E-state index is -0.202. The Bertz CT molecular complexity index is 688. The van der Waals surface area contributed by atoms with E-state index < -0.39 is 0 Å². The zero-order valence-corrected chi connectivity index (χ0v) is 14.2. The molecule has 0 fully saturated rings. The number of halogens is 1. The lowest BCUT2D eigenvalue weighted by molar-refractivity contribution is -0.121. The van der Waals surface area contributed by atoms with Crippen molar-refractivity contribution in [2.45, 2.75) is 19.4 Å². The van der Waals surface area contributed by atoms with Crippen LogP contribution < -0.4 is 14.8 Å². The molecule has 0 heterocycles. The van der Waals surface area contributed by atoms with Crippen LogP contribution in [0.15, 0.2) is 42.5 Å². The highest BCUT2D eigenvalue weighted by molar-refractivity contribution is 6.30. The molecule has 0 aliphatic carbocycles. The third kappa shape index (κ3) is 4.63. The molecule has 122 valence electrons. The number of methoxy groups -OCH3 is 2. The molecule has 0 unspecified atom stereocenters. The molecule has 0 saturated carbocycles. The van der Waals surface area contributed by atoms with Crippen molar-refractivity contribution < 1.29 is 14.3 Å². The van der Waals surface area contributed by atoms with Crippen molar-refractivity contribution in [3.63, 3.8) is 0 Å². The van der Waals surface area contributed by atoms with Crippen LogP contribution in [-0.2, 0) is 11.2 Å². The summed E-state index contributed by atoms with van der Waals surface area (Å²) < 4.78 is 10.6. The SMILES string of the molecule is COc1ccc(OC)c([C@@H](C)NC(=O)Cc2cccc(Cl)c2)c1. The summed E-state index contributed by atoms with van der Waals surface area (Å²) in [5.74, 6) is 1.35. The van der Waals surface area contributed by atoms with E-state index in [1.807, 2.05) is 37.3 Å². The number of benzene rings is 2. The molecule has 0 radical (unpaired) electrons. The van der Waals surface area contributed by atoms with Gasteiger partial charge in [0.1, 0.15) is 11.5 Å². The summed E-state index contributed by atoms with van der Waals surface area (Å²) in [6.07, 6.45) is 0.275. The Hall–Kier alpha value is -2.20. The Morgan fingerprint density at radius 1 is 1.17 bits per heavy atom. The predicted octanol–water partition coefficient (Wildman–Crippen LogP) is 3.78. The third-order valence-corrected chi connectivity index (χ3v) is 3.77. The summed E-state index contributed by atoms with van der Waals surface area (Å²) in [5.41, 5.74) is 1.74. The van der Waals surface area contributed by atoms with Gasteiger partial charge in [-0.25, -0.2) is 0 Å². The van der Waals surface area contributed by atoms with Gasteiger partial charge in [0.15, 0.2) is 0 Å². The van der Waals surface area contributed by atoms with Gasteiger partial charge in [0.25, 0.3) is 0 Å². The number of carbonyl (C=O) groups is 1. The second kappa shape index (κ2) is 7.88. The smallest absolute Gasteiger partial charge is 0.224 e. The Morgan fingerprint density at radius 2 is 1.96 bits per heavy atom. The van der Waals surface area contributed by atoms with E-state index >= 15 is 0 Å². The lowest BCUT2D eigenvalue weighted by atomic mass is 10.1. The molecule has 4 nitrogen and oxygen atoms in total. The van der Waals surface area contributed by atoms with Gasteiger partial charge in [-0.15, -0.1) is 0 Å². The first-order valence-corrected chi connectivity index (χ1v) is 7.67. The van der Waals surface area contributed by atoms with E-state index in [0.29, 0.717) is 10.8 Å². The maximum Gasteiger partial charge on any atom is 0.224 e. The molecule has 0 bridgehead atoms. The Morgan fingerprint density at radius 3 is 2.61 bits per heavy atom. The maximum atomic E-state index is 12.2. The Balaban J connectivity index is 2.09. The summed E-state index contributed by atoms with van der Waals surface area (Å²) in [7, 11) is 3.21. The Kier molecular flexibility index (Phi) is 5.88. The van der Waals surface area contributed by atoms with E-state index in [2.05, 4.69) is 5.32 Å². The zero-order valence-electron chi connectivity index (χ0n) is 13.4. The molecule has 0 aliphatic rings. The van der Waals surface area contributed by atoms with Gasteiger partial charge in [-0.2, -0.15) is 0 Å². The van der Waals surface area contributed by atoms with E-state index in [1.54, 1.807) is 26.4 Å². The van der Waals surface area contributed by atoms with Gasteiger partial charge in [-0.1, -0.05) is 23.7 Å². The molecule has 1 N–H and O–H groups in total. The molecule has 2 rings (SSSR count). The van der Waals surface area contributed by atoms with Gasteiger partial charge < -0.3 is 14.8 Å². The first-order chi connectivity index (χ1) is 11.0. The quantitative estimate of drug-likeness (QED) is 0.875. The van der Waals surface area contributed by atoms with Crippen LogP contribution in [0.3, 0.4) is 0 Å².